The van der Waals surface area contributed by atoms with Crippen LogP contribution in [0.1, 0.15) is 17.0 Å². The van der Waals surface area contributed by atoms with Gasteiger partial charge in [0.15, 0.2) is 0 Å². The predicted molar refractivity (Wildman–Crippen MR) is 134 cm³/mol. The Labute approximate surface area is 217 Å². The summed E-state index contributed by atoms with van der Waals surface area (Å²) in [5, 5.41) is 12.3. The lowest BCUT2D eigenvalue weighted by molar-refractivity contribution is -0.137. The lowest BCUT2D eigenvalue weighted by atomic mass is 10.1. The van der Waals surface area contributed by atoms with Crippen molar-refractivity contribution < 1.29 is 31.4 Å². The van der Waals surface area contributed by atoms with Crippen LogP contribution >= 0.6 is 0 Å². The van der Waals surface area contributed by atoms with Gasteiger partial charge in [-0.05, 0) is 48.0 Å². The fraction of sp³-hybridized carbons (Fsp3) is 0.200. The maximum absolute atomic E-state index is 13.4. The zero-order chi connectivity index (χ0) is 27.5. The number of hydrogen-bond acceptors (Lipinski definition) is 7. The van der Waals surface area contributed by atoms with Crippen LogP contribution in [0.4, 0.5) is 24.7 Å². The molecule has 2 aromatic heterocycles. The average molecular weight is 548 g/mol. The second kappa shape index (κ2) is 10.8. The number of hydrogen-bond donors (Lipinski definition) is 3. The quantitative estimate of drug-likeness (QED) is 0.281. The van der Waals surface area contributed by atoms with Gasteiger partial charge in [-0.25, -0.2) is 18.4 Å². The van der Waals surface area contributed by atoms with Gasteiger partial charge in [0, 0.05) is 37.2 Å². The number of nitrogens with one attached hydrogen (secondary N) is 2. The van der Waals surface area contributed by atoms with E-state index in [9.17, 15) is 26.7 Å². The number of H-pyrrole nitrogens is 1. The van der Waals surface area contributed by atoms with Gasteiger partial charge in [0.25, 0.3) is 0 Å². The van der Waals surface area contributed by atoms with E-state index in [0.717, 1.165) is 11.6 Å². The third-order valence-electron chi connectivity index (χ3n) is 5.67. The molecule has 4 aromatic rings. The number of aliphatic hydroxyl groups excluding tert-OH is 1. The molecule has 2 heterocycles. The fourth-order valence-electron chi connectivity index (χ4n) is 3.61. The van der Waals surface area contributed by atoms with Gasteiger partial charge in [-0.3, -0.25) is 0 Å². The number of benzene rings is 2. The number of imidazole rings is 1. The largest absolute Gasteiger partial charge is 0.497 e. The second-order valence-corrected chi connectivity index (χ2v) is 10.3. The van der Waals surface area contributed by atoms with E-state index in [2.05, 4.69) is 20.3 Å². The van der Waals surface area contributed by atoms with Crippen molar-refractivity contribution in [2.24, 2.45) is 0 Å². The number of ether oxygens (including phenoxy) is 1. The number of nitrogens with zero attached hydrogens (tertiary/aromatic N) is 3. The van der Waals surface area contributed by atoms with Crippen molar-refractivity contribution >= 4 is 21.5 Å². The van der Waals surface area contributed by atoms with Gasteiger partial charge in [-0.15, -0.1) is 0 Å². The molecule has 0 aliphatic rings. The Morgan fingerprint density at radius 3 is 2.42 bits per heavy atom. The van der Waals surface area contributed by atoms with Gasteiger partial charge in [-0.2, -0.15) is 17.5 Å². The fourth-order valence-corrected chi connectivity index (χ4v) is 4.80. The summed E-state index contributed by atoms with van der Waals surface area (Å²) in [5.74, 6) is 1.02. The van der Waals surface area contributed by atoms with Gasteiger partial charge in [0.2, 0.25) is 10.0 Å². The number of aliphatic hydroxyl groups is 1. The summed E-state index contributed by atoms with van der Waals surface area (Å²) in [6.07, 6.45) is -2.34. The Kier molecular flexibility index (Phi) is 7.71. The molecule has 4 rings (SSSR count). The minimum absolute atomic E-state index is 0.0250. The van der Waals surface area contributed by atoms with E-state index < -0.39 is 21.8 Å². The van der Waals surface area contributed by atoms with Crippen molar-refractivity contribution in [3.05, 3.63) is 83.9 Å². The van der Waals surface area contributed by atoms with E-state index in [-0.39, 0.29) is 29.7 Å². The van der Waals surface area contributed by atoms with Crippen LogP contribution in [0, 0.1) is 0 Å². The SMILES string of the molecule is COc1ccc(CN(C)S(=O)(=O)c2ccc(Nc3ccc(C(F)(F)F)cn3)c(-c3c[nH]c(CO)n3)c2)cc1. The third-order valence-corrected chi connectivity index (χ3v) is 7.47. The van der Waals surface area contributed by atoms with Crippen LogP contribution < -0.4 is 10.1 Å². The number of anilines is 2. The van der Waals surface area contributed by atoms with Crippen LogP contribution in [0.3, 0.4) is 0 Å². The van der Waals surface area contributed by atoms with Gasteiger partial charge < -0.3 is 20.1 Å². The van der Waals surface area contributed by atoms with Crippen LogP contribution in [0.15, 0.2) is 71.9 Å². The molecule has 0 amide bonds. The summed E-state index contributed by atoms with van der Waals surface area (Å²) >= 11 is 0. The number of halogens is 3. The molecule has 200 valence electrons. The molecule has 3 N–H and O–H groups in total. The second-order valence-electron chi connectivity index (χ2n) is 8.26. The van der Waals surface area contributed by atoms with Gasteiger partial charge in [0.1, 0.15) is 24.0 Å². The standard InChI is InChI=1S/C25H24F3N5O4S/c1-33(14-16-3-6-18(37-2)7-4-16)38(35,36)19-8-9-21(20(11-19)22-13-30-24(15-34)32-22)31-23-10-5-17(12-29-23)25(26,27)28/h3-13,34H,14-15H2,1-2H3,(H,29,31)(H,30,32). The van der Waals surface area contributed by atoms with Crippen molar-refractivity contribution in [1.29, 1.82) is 0 Å². The molecular weight excluding hydrogens is 523 g/mol. The van der Waals surface area contributed by atoms with E-state index in [4.69, 9.17) is 4.74 Å². The van der Waals surface area contributed by atoms with Crippen molar-refractivity contribution in [2.75, 3.05) is 19.5 Å². The summed E-state index contributed by atoms with van der Waals surface area (Å²) in [5.41, 5.74) is 0.859. The molecule has 0 unspecified atom stereocenters. The maximum Gasteiger partial charge on any atom is 0.417 e. The van der Waals surface area contributed by atoms with Crippen LogP contribution in [-0.4, -0.2) is 46.9 Å². The van der Waals surface area contributed by atoms with E-state index in [1.165, 1.54) is 48.9 Å². The zero-order valence-electron chi connectivity index (χ0n) is 20.3. The summed E-state index contributed by atoms with van der Waals surface area (Å²) in [4.78, 5) is 10.9. The highest BCUT2D eigenvalue weighted by Crippen LogP contribution is 2.34. The minimum atomic E-state index is -4.53. The highest BCUT2D eigenvalue weighted by molar-refractivity contribution is 7.89. The monoisotopic (exact) mass is 547 g/mol. The normalized spacial score (nSPS) is 12.1. The third kappa shape index (κ3) is 5.96. The Hall–Kier alpha value is -3.94. The smallest absolute Gasteiger partial charge is 0.417 e. The predicted octanol–water partition coefficient (Wildman–Crippen LogP) is 4.56. The van der Waals surface area contributed by atoms with Crippen LogP contribution in [0.2, 0.25) is 0 Å². The van der Waals surface area contributed by atoms with Gasteiger partial charge in [-0.1, -0.05) is 12.1 Å². The number of rotatable bonds is 9. The lowest BCUT2D eigenvalue weighted by Gasteiger charge is -2.19. The molecule has 0 saturated heterocycles. The zero-order valence-corrected chi connectivity index (χ0v) is 21.1. The first-order valence-electron chi connectivity index (χ1n) is 11.2. The van der Waals surface area contributed by atoms with E-state index in [1.54, 1.807) is 24.3 Å². The topological polar surface area (TPSA) is 120 Å². The van der Waals surface area contributed by atoms with Crippen molar-refractivity contribution in [2.45, 2.75) is 24.2 Å². The number of aromatic nitrogens is 3. The van der Waals surface area contributed by atoms with Gasteiger partial charge >= 0.3 is 6.18 Å². The number of pyridine rings is 1. The summed E-state index contributed by atoms with van der Waals surface area (Å²) in [6.45, 7) is -0.264. The van der Waals surface area contributed by atoms with Crippen molar-refractivity contribution in [3.8, 4) is 17.0 Å². The Morgan fingerprint density at radius 2 is 1.84 bits per heavy atom. The molecule has 0 bridgehead atoms. The average Bonchev–Trinajstić information content (AvgIpc) is 3.38. The molecule has 2 aromatic carbocycles. The maximum atomic E-state index is 13.4. The van der Waals surface area contributed by atoms with Crippen LogP contribution in [-0.2, 0) is 29.4 Å². The number of methoxy groups -OCH3 is 1. The minimum Gasteiger partial charge on any atom is -0.497 e. The first-order valence-corrected chi connectivity index (χ1v) is 12.6. The highest BCUT2D eigenvalue weighted by atomic mass is 32.2. The molecule has 0 atom stereocenters. The first-order chi connectivity index (χ1) is 18.0. The van der Waals surface area contributed by atoms with E-state index >= 15 is 0 Å². The summed E-state index contributed by atoms with van der Waals surface area (Å²) in [7, 11) is -0.953. The Morgan fingerprint density at radius 1 is 1.11 bits per heavy atom. The molecule has 0 aliphatic heterocycles. The summed E-state index contributed by atoms with van der Waals surface area (Å²) < 4.78 is 71.8. The molecule has 0 aliphatic carbocycles. The molecule has 9 nitrogen and oxygen atoms in total. The molecule has 0 fully saturated rings. The summed E-state index contributed by atoms with van der Waals surface area (Å²) in [6, 6.07) is 13.3. The van der Waals surface area contributed by atoms with Crippen LogP contribution in [0.25, 0.3) is 11.3 Å². The van der Waals surface area contributed by atoms with Crippen LogP contribution in [0.5, 0.6) is 5.75 Å². The molecular formula is C25H24F3N5O4S. The Bertz CT molecular complexity index is 1510. The lowest BCUT2D eigenvalue weighted by Crippen LogP contribution is -2.26. The molecule has 0 radical (unpaired) electrons. The first kappa shape index (κ1) is 27.1. The highest BCUT2D eigenvalue weighted by Gasteiger charge is 2.30. The molecule has 0 saturated carbocycles. The Balaban J connectivity index is 1.67. The number of aromatic amines is 1. The number of sulfonamides is 1. The van der Waals surface area contributed by atoms with E-state index in [1.807, 2.05) is 0 Å². The number of alkyl halides is 3. The van der Waals surface area contributed by atoms with Gasteiger partial charge in [0.05, 0.1) is 23.3 Å². The van der Waals surface area contributed by atoms with Crippen molar-refractivity contribution in [1.82, 2.24) is 19.3 Å². The molecule has 13 heteroatoms. The van der Waals surface area contributed by atoms with E-state index in [0.29, 0.717) is 28.9 Å². The molecule has 0 spiro atoms. The van der Waals surface area contributed by atoms with Crippen molar-refractivity contribution in [3.63, 3.8) is 0 Å². The molecule has 38 heavy (non-hydrogen) atoms.